The predicted molar refractivity (Wildman–Crippen MR) is 61.3 cm³/mol. The van der Waals surface area contributed by atoms with E-state index in [4.69, 9.17) is 21.1 Å². The highest BCUT2D eigenvalue weighted by atomic mass is 35.5. The second-order valence-electron chi connectivity index (χ2n) is 3.28. The van der Waals surface area contributed by atoms with Crippen LogP contribution in [-0.4, -0.2) is 31.0 Å². The van der Waals surface area contributed by atoms with Crippen molar-refractivity contribution in [1.82, 2.24) is 0 Å². The molecule has 0 rings (SSSR count). The highest BCUT2D eigenvalue weighted by Crippen LogP contribution is 2.08. The molecule has 0 radical (unpaired) electrons. The van der Waals surface area contributed by atoms with Gasteiger partial charge < -0.3 is 9.47 Å². The van der Waals surface area contributed by atoms with Gasteiger partial charge in [-0.2, -0.15) is 0 Å². The average Bonchev–Trinajstić information content (AvgIpc) is 2.26. The topological polar surface area (TPSA) is 52.6 Å². The molecule has 1 atom stereocenters. The number of carbonyl (C=O) groups excluding carboxylic acids is 2. The van der Waals surface area contributed by atoms with Crippen molar-refractivity contribution in [2.24, 2.45) is 5.92 Å². The molecule has 0 spiro atoms. The Kier molecular flexibility index (Phi) is 9.00. The first-order valence-electron chi connectivity index (χ1n) is 5.56. The van der Waals surface area contributed by atoms with Crippen molar-refractivity contribution in [1.29, 1.82) is 0 Å². The van der Waals surface area contributed by atoms with Crippen LogP contribution in [0.1, 0.15) is 33.1 Å². The van der Waals surface area contributed by atoms with Gasteiger partial charge in [0.05, 0.1) is 13.2 Å². The number of rotatable bonds is 8. The number of hydrogen-bond donors (Lipinski definition) is 0. The van der Waals surface area contributed by atoms with Crippen molar-refractivity contribution in [3.63, 3.8) is 0 Å². The van der Waals surface area contributed by atoms with Crippen LogP contribution < -0.4 is 0 Å². The number of halogens is 1. The van der Waals surface area contributed by atoms with Gasteiger partial charge in [0.15, 0.2) is 5.92 Å². The molecule has 0 aliphatic rings. The Labute approximate surface area is 101 Å². The van der Waals surface area contributed by atoms with E-state index in [1.54, 1.807) is 13.8 Å². The minimum absolute atomic E-state index is 0.273. The van der Waals surface area contributed by atoms with E-state index in [0.717, 1.165) is 6.42 Å². The number of carbonyl (C=O) groups is 2. The van der Waals surface area contributed by atoms with E-state index in [1.165, 1.54) is 0 Å². The van der Waals surface area contributed by atoms with E-state index in [2.05, 4.69) is 0 Å². The number of ether oxygens (including phenoxy) is 2. The molecule has 0 aromatic carbocycles. The average molecular weight is 251 g/mol. The van der Waals surface area contributed by atoms with Crippen molar-refractivity contribution in [3.05, 3.63) is 0 Å². The number of hydrogen-bond acceptors (Lipinski definition) is 4. The Morgan fingerprint density at radius 2 is 1.75 bits per heavy atom. The minimum Gasteiger partial charge on any atom is -0.465 e. The molecular formula is C11H19ClO4. The van der Waals surface area contributed by atoms with Crippen molar-refractivity contribution < 1.29 is 19.1 Å². The lowest BCUT2D eigenvalue weighted by molar-refractivity contribution is -0.162. The molecule has 0 aromatic heterocycles. The second-order valence-corrected chi connectivity index (χ2v) is 3.65. The summed E-state index contributed by atoms with van der Waals surface area (Å²) >= 11 is 5.48. The van der Waals surface area contributed by atoms with Gasteiger partial charge in [0.1, 0.15) is 0 Å². The molecule has 0 N–H and O–H groups in total. The third-order valence-corrected chi connectivity index (χ3v) is 2.30. The summed E-state index contributed by atoms with van der Waals surface area (Å²) in [5.74, 6) is -1.26. The van der Waals surface area contributed by atoms with E-state index < -0.39 is 17.9 Å². The van der Waals surface area contributed by atoms with Crippen LogP contribution in [0.4, 0.5) is 0 Å². The highest BCUT2D eigenvalue weighted by molar-refractivity contribution is 6.17. The maximum absolute atomic E-state index is 11.5. The van der Waals surface area contributed by atoms with Gasteiger partial charge in [-0.1, -0.05) is 6.92 Å². The quantitative estimate of drug-likeness (QED) is 0.287. The number of esters is 2. The van der Waals surface area contributed by atoms with E-state index in [-0.39, 0.29) is 6.61 Å². The highest BCUT2D eigenvalue weighted by Gasteiger charge is 2.27. The van der Waals surface area contributed by atoms with Gasteiger partial charge in [-0.05, 0) is 26.2 Å². The van der Waals surface area contributed by atoms with E-state index >= 15 is 0 Å². The molecule has 1 unspecified atom stereocenters. The van der Waals surface area contributed by atoms with Crippen molar-refractivity contribution in [2.75, 3.05) is 19.1 Å². The maximum atomic E-state index is 11.5. The van der Waals surface area contributed by atoms with Crippen molar-refractivity contribution >= 4 is 23.5 Å². The lowest BCUT2D eigenvalue weighted by Gasteiger charge is -2.12. The molecule has 94 valence electrons. The zero-order chi connectivity index (χ0) is 12.4. The van der Waals surface area contributed by atoms with Gasteiger partial charge in [0, 0.05) is 5.88 Å². The van der Waals surface area contributed by atoms with Crippen LogP contribution >= 0.6 is 11.6 Å². The third-order valence-electron chi connectivity index (χ3n) is 2.04. The van der Waals surface area contributed by atoms with Gasteiger partial charge >= 0.3 is 11.9 Å². The lowest BCUT2D eigenvalue weighted by Crippen LogP contribution is -2.27. The summed E-state index contributed by atoms with van der Waals surface area (Å²) in [6.07, 6.45) is 1.91. The molecular weight excluding hydrogens is 232 g/mol. The fourth-order valence-corrected chi connectivity index (χ4v) is 1.33. The molecule has 0 heterocycles. The number of alkyl halides is 1. The Bertz CT molecular complexity index is 218. The van der Waals surface area contributed by atoms with Gasteiger partial charge in [-0.25, -0.2) is 0 Å². The zero-order valence-electron chi connectivity index (χ0n) is 9.83. The zero-order valence-corrected chi connectivity index (χ0v) is 10.6. The molecule has 4 nitrogen and oxygen atoms in total. The standard InChI is InChI=1S/C11H19ClO4/c1-3-9(10(13)15-4-2)11(14)16-8-6-5-7-12/h9H,3-8H2,1-2H3. The molecule has 0 fully saturated rings. The molecule has 0 saturated heterocycles. The Balaban J connectivity index is 3.96. The largest absolute Gasteiger partial charge is 0.465 e. The maximum Gasteiger partial charge on any atom is 0.320 e. The van der Waals surface area contributed by atoms with Crippen LogP contribution in [0.3, 0.4) is 0 Å². The van der Waals surface area contributed by atoms with Crippen LogP contribution in [0.15, 0.2) is 0 Å². The monoisotopic (exact) mass is 250 g/mol. The molecule has 0 bridgehead atoms. The van der Waals surface area contributed by atoms with Gasteiger partial charge in [-0.15, -0.1) is 11.6 Å². The van der Waals surface area contributed by atoms with Crippen LogP contribution in [0.5, 0.6) is 0 Å². The third kappa shape index (κ3) is 5.95. The van der Waals surface area contributed by atoms with Gasteiger partial charge in [0.2, 0.25) is 0 Å². The first-order valence-corrected chi connectivity index (χ1v) is 6.10. The molecule has 0 amide bonds. The molecule has 0 saturated carbocycles. The smallest absolute Gasteiger partial charge is 0.320 e. The van der Waals surface area contributed by atoms with Gasteiger partial charge in [-0.3, -0.25) is 9.59 Å². The summed E-state index contributed by atoms with van der Waals surface area (Å²) in [6.45, 7) is 4.04. The van der Waals surface area contributed by atoms with Gasteiger partial charge in [0.25, 0.3) is 0 Å². The van der Waals surface area contributed by atoms with E-state index in [1.807, 2.05) is 0 Å². The first-order chi connectivity index (χ1) is 7.67. The molecule has 0 aliphatic carbocycles. The summed E-state index contributed by atoms with van der Waals surface area (Å²) in [6, 6.07) is 0. The first kappa shape index (κ1) is 15.2. The van der Waals surface area contributed by atoms with Crippen LogP contribution in [0.2, 0.25) is 0 Å². The van der Waals surface area contributed by atoms with E-state index in [0.29, 0.717) is 25.3 Å². The normalized spacial score (nSPS) is 11.9. The van der Waals surface area contributed by atoms with Crippen LogP contribution in [0, 0.1) is 5.92 Å². The summed E-state index contributed by atoms with van der Waals surface area (Å²) < 4.78 is 9.75. The molecule has 16 heavy (non-hydrogen) atoms. The fourth-order valence-electron chi connectivity index (χ4n) is 1.14. The second kappa shape index (κ2) is 9.46. The Hall–Kier alpha value is -0.770. The molecule has 0 aliphatic heterocycles. The summed E-state index contributed by atoms with van der Waals surface area (Å²) in [5.41, 5.74) is 0. The Morgan fingerprint density at radius 3 is 2.25 bits per heavy atom. The summed E-state index contributed by atoms with van der Waals surface area (Å²) in [7, 11) is 0. The Morgan fingerprint density at radius 1 is 1.12 bits per heavy atom. The SMILES string of the molecule is CCOC(=O)C(CC)C(=O)OCCCCCl. The summed E-state index contributed by atoms with van der Waals surface area (Å²) in [5, 5.41) is 0. The number of unbranched alkanes of at least 4 members (excludes halogenated alkanes) is 1. The molecule has 5 heteroatoms. The summed E-state index contributed by atoms with van der Waals surface area (Å²) in [4.78, 5) is 22.9. The van der Waals surface area contributed by atoms with Crippen LogP contribution in [-0.2, 0) is 19.1 Å². The minimum atomic E-state index is -0.795. The lowest BCUT2D eigenvalue weighted by atomic mass is 10.1. The van der Waals surface area contributed by atoms with E-state index in [9.17, 15) is 9.59 Å². The fraction of sp³-hybridized carbons (Fsp3) is 0.818. The van der Waals surface area contributed by atoms with Crippen LogP contribution in [0.25, 0.3) is 0 Å². The van der Waals surface area contributed by atoms with Crippen molar-refractivity contribution in [2.45, 2.75) is 33.1 Å². The molecule has 0 aromatic rings. The van der Waals surface area contributed by atoms with Crippen molar-refractivity contribution in [3.8, 4) is 0 Å². The predicted octanol–water partition coefficient (Wildman–Crippen LogP) is 2.14.